The van der Waals surface area contributed by atoms with Crippen molar-refractivity contribution in [3.05, 3.63) is 34.3 Å². The Kier molecular flexibility index (Phi) is 4.04. The van der Waals surface area contributed by atoms with Gasteiger partial charge in [0.25, 0.3) is 0 Å². The number of ether oxygens (including phenoxy) is 2. The molecule has 0 amide bonds. The second-order valence-electron chi connectivity index (χ2n) is 6.04. The van der Waals surface area contributed by atoms with E-state index in [1.165, 1.54) is 0 Å². The second-order valence-corrected chi connectivity index (χ2v) is 6.45. The van der Waals surface area contributed by atoms with Crippen LogP contribution in [0, 0.1) is 12.8 Å². The number of rotatable bonds is 2. The van der Waals surface area contributed by atoms with Gasteiger partial charge < -0.3 is 14.6 Å². The van der Waals surface area contributed by atoms with Crippen molar-refractivity contribution >= 4 is 11.6 Å². The van der Waals surface area contributed by atoms with Gasteiger partial charge in [0.1, 0.15) is 0 Å². The van der Waals surface area contributed by atoms with Crippen molar-refractivity contribution in [3.8, 4) is 0 Å². The Balaban J connectivity index is 1.75. The molecule has 4 heteroatoms. The highest BCUT2D eigenvalue weighted by Gasteiger charge is 2.42. The van der Waals surface area contributed by atoms with Crippen molar-refractivity contribution in [3.63, 3.8) is 0 Å². The highest BCUT2D eigenvalue weighted by molar-refractivity contribution is 6.31. The summed E-state index contributed by atoms with van der Waals surface area (Å²) in [6.07, 6.45) is 2.20. The van der Waals surface area contributed by atoms with Gasteiger partial charge in [-0.25, -0.2) is 0 Å². The molecule has 3 unspecified atom stereocenters. The van der Waals surface area contributed by atoms with Crippen LogP contribution in [-0.4, -0.2) is 30.5 Å². The molecule has 3 rings (SSSR count). The summed E-state index contributed by atoms with van der Waals surface area (Å²) in [6.45, 7) is 4.09. The molecule has 0 aromatic heterocycles. The van der Waals surface area contributed by atoms with Crippen molar-refractivity contribution < 1.29 is 14.6 Å². The van der Waals surface area contributed by atoms with Crippen molar-refractivity contribution in [2.24, 2.45) is 5.92 Å². The lowest BCUT2D eigenvalue weighted by Crippen LogP contribution is -2.41. The topological polar surface area (TPSA) is 38.7 Å². The van der Waals surface area contributed by atoms with Crippen LogP contribution >= 0.6 is 11.6 Å². The number of hydrogen-bond acceptors (Lipinski definition) is 3. The normalized spacial score (nSPS) is 31.6. The van der Waals surface area contributed by atoms with E-state index in [4.69, 9.17) is 21.1 Å². The quantitative estimate of drug-likeness (QED) is 0.910. The van der Waals surface area contributed by atoms with Gasteiger partial charge in [-0.15, -0.1) is 0 Å². The average Bonchev–Trinajstić information content (AvgIpc) is 2.89. The van der Waals surface area contributed by atoms with Crippen LogP contribution in [0.25, 0.3) is 0 Å². The molecule has 0 bridgehead atoms. The standard InChI is InChI=1S/C16H21ClO3/c1-11-2-3-12(8-14(11)17)15(18)13-4-6-20-16(9-13)5-7-19-10-16/h2-3,8,13,15,18H,4-7,9-10H2,1H3. The van der Waals surface area contributed by atoms with E-state index in [0.717, 1.165) is 37.0 Å². The van der Waals surface area contributed by atoms with Crippen LogP contribution in [-0.2, 0) is 9.47 Å². The predicted molar refractivity (Wildman–Crippen MR) is 78.0 cm³/mol. The first-order valence-electron chi connectivity index (χ1n) is 7.25. The fourth-order valence-electron chi connectivity index (χ4n) is 3.26. The summed E-state index contributed by atoms with van der Waals surface area (Å²) in [5.74, 6) is 0.212. The minimum atomic E-state index is -0.477. The Labute approximate surface area is 124 Å². The van der Waals surface area contributed by atoms with Gasteiger partial charge in [0.05, 0.1) is 18.3 Å². The third-order valence-electron chi connectivity index (χ3n) is 4.58. The Morgan fingerprint density at radius 3 is 2.95 bits per heavy atom. The maximum Gasteiger partial charge on any atom is 0.0940 e. The van der Waals surface area contributed by atoms with Gasteiger partial charge in [0.15, 0.2) is 0 Å². The average molecular weight is 297 g/mol. The highest BCUT2D eigenvalue weighted by atomic mass is 35.5. The Morgan fingerprint density at radius 1 is 1.40 bits per heavy atom. The molecule has 1 N–H and O–H groups in total. The van der Waals surface area contributed by atoms with Crippen molar-refractivity contribution in [2.75, 3.05) is 19.8 Å². The number of aliphatic hydroxyl groups excluding tert-OH is 1. The zero-order valence-electron chi connectivity index (χ0n) is 11.8. The van der Waals surface area contributed by atoms with E-state index in [-0.39, 0.29) is 11.5 Å². The number of halogens is 1. The molecule has 2 heterocycles. The van der Waals surface area contributed by atoms with Crippen molar-refractivity contribution in [2.45, 2.75) is 37.9 Å². The summed E-state index contributed by atoms with van der Waals surface area (Å²) in [5, 5.41) is 11.4. The first-order valence-corrected chi connectivity index (χ1v) is 7.63. The predicted octanol–water partition coefficient (Wildman–Crippen LogP) is 3.27. The molecule has 2 aliphatic heterocycles. The Hall–Kier alpha value is -0.610. The SMILES string of the molecule is Cc1ccc(C(O)C2CCOC3(CCOC3)C2)cc1Cl. The van der Waals surface area contributed by atoms with Crippen LogP contribution < -0.4 is 0 Å². The maximum atomic E-state index is 10.6. The van der Waals surface area contributed by atoms with E-state index in [1.807, 2.05) is 25.1 Å². The van der Waals surface area contributed by atoms with Crippen LogP contribution in [0.15, 0.2) is 18.2 Å². The van der Waals surface area contributed by atoms with Crippen LogP contribution in [0.3, 0.4) is 0 Å². The van der Waals surface area contributed by atoms with Gasteiger partial charge in [-0.2, -0.15) is 0 Å². The van der Waals surface area contributed by atoms with Crippen molar-refractivity contribution in [1.82, 2.24) is 0 Å². The van der Waals surface area contributed by atoms with Gasteiger partial charge in [-0.3, -0.25) is 0 Å². The summed E-state index contributed by atoms with van der Waals surface area (Å²) in [4.78, 5) is 0. The Morgan fingerprint density at radius 2 is 2.25 bits per heavy atom. The molecule has 1 spiro atoms. The molecule has 1 aromatic carbocycles. The largest absolute Gasteiger partial charge is 0.388 e. The minimum absolute atomic E-state index is 0.168. The summed E-state index contributed by atoms with van der Waals surface area (Å²) in [5.41, 5.74) is 1.77. The molecule has 1 aromatic rings. The van der Waals surface area contributed by atoms with E-state index in [9.17, 15) is 5.11 Å². The lowest BCUT2D eigenvalue weighted by atomic mass is 9.80. The number of aliphatic hydroxyl groups is 1. The third kappa shape index (κ3) is 2.73. The zero-order valence-corrected chi connectivity index (χ0v) is 12.5. The maximum absolute atomic E-state index is 10.6. The van der Waals surface area contributed by atoms with Gasteiger partial charge in [0.2, 0.25) is 0 Å². The van der Waals surface area contributed by atoms with E-state index in [1.54, 1.807) is 0 Å². The molecule has 0 saturated carbocycles. The summed E-state index contributed by atoms with van der Waals surface area (Å²) >= 11 is 6.16. The fourth-order valence-corrected chi connectivity index (χ4v) is 3.45. The molecule has 3 nitrogen and oxygen atoms in total. The Bertz CT molecular complexity index is 483. The van der Waals surface area contributed by atoms with Gasteiger partial charge in [-0.05, 0) is 42.9 Å². The first-order chi connectivity index (χ1) is 9.60. The lowest BCUT2D eigenvalue weighted by molar-refractivity contribution is -0.117. The minimum Gasteiger partial charge on any atom is -0.388 e. The van der Waals surface area contributed by atoms with E-state index < -0.39 is 6.10 Å². The fraction of sp³-hybridized carbons (Fsp3) is 0.625. The third-order valence-corrected chi connectivity index (χ3v) is 4.99. The summed E-state index contributed by atoms with van der Waals surface area (Å²) < 4.78 is 11.4. The van der Waals surface area contributed by atoms with E-state index in [0.29, 0.717) is 18.2 Å². The van der Waals surface area contributed by atoms with Gasteiger partial charge in [0, 0.05) is 24.7 Å². The molecule has 20 heavy (non-hydrogen) atoms. The van der Waals surface area contributed by atoms with Crippen LogP contribution in [0.2, 0.25) is 5.02 Å². The van der Waals surface area contributed by atoms with E-state index >= 15 is 0 Å². The molecule has 3 atom stereocenters. The van der Waals surface area contributed by atoms with Crippen LogP contribution in [0.4, 0.5) is 0 Å². The first kappa shape index (κ1) is 14.3. The number of aryl methyl sites for hydroxylation is 1. The number of benzene rings is 1. The lowest BCUT2D eigenvalue weighted by Gasteiger charge is -2.39. The van der Waals surface area contributed by atoms with E-state index in [2.05, 4.69) is 0 Å². The highest BCUT2D eigenvalue weighted by Crippen LogP contribution is 2.41. The molecule has 2 fully saturated rings. The number of hydrogen-bond donors (Lipinski definition) is 1. The molecule has 2 aliphatic rings. The van der Waals surface area contributed by atoms with Gasteiger partial charge in [-0.1, -0.05) is 23.7 Å². The van der Waals surface area contributed by atoms with Crippen LogP contribution in [0.1, 0.15) is 36.5 Å². The molecule has 0 radical (unpaired) electrons. The zero-order chi connectivity index (χ0) is 14.2. The monoisotopic (exact) mass is 296 g/mol. The summed E-state index contributed by atoms with van der Waals surface area (Å²) in [6, 6.07) is 5.82. The molecule has 0 aliphatic carbocycles. The molecular weight excluding hydrogens is 276 g/mol. The molecule has 2 saturated heterocycles. The smallest absolute Gasteiger partial charge is 0.0940 e. The molecular formula is C16H21ClO3. The van der Waals surface area contributed by atoms with Crippen LogP contribution in [0.5, 0.6) is 0 Å². The van der Waals surface area contributed by atoms with Gasteiger partial charge >= 0.3 is 0 Å². The molecule has 110 valence electrons. The second kappa shape index (κ2) is 5.64. The summed E-state index contributed by atoms with van der Waals surface area (Å²) in [7, 11) is 0. The van der Waals surface area contributed by atoms with Crippen molar-refractivity contribution in [1.29, 1.82) is 0 Å².